The summed E-state index contributed by atoms with van der Waals surface area (Å²) in [6.45, 7) is 2.35. The number of benzene rings is 1. The van der Waals surface area contributed by atoms with Gasteiger partial charge in [-0.1, -0.05) is 29.8 Å². The average Bonchev–Trinajstić information content (AvgIpc) is 2.62. The molecule has 1 heterocycles. The smallest absolute Gasteiger partial charge is 0.356 e. The molecule has 6 nitrogen and oxygen atoms in total. The van der Waals surface area contributed by atoms with Crippen molar-refractivity contribution in [1.82, 2.24) is 14.9 Å². The van der Waals surface area contributed by atoms with Gasteiger partial charge >= 0.3 is 15.5 Å². The number of sulfonamides is 1. The molecule has 1 fully saturated rings. The fourth-order valence-corrected chi connectivity index (χ4v) is 3.84. The SMILES string of the molecule is CN=C(NCCc1ccc(C)cc1)NC1CCN(S(=O)(=O)C(F)(F)F)CC1.I. The number of rotatable bonds is 5. The summed E-state index contributed by atoms with van der Waals surface area (Å²) in [4.78, 5) is 4.12. The van der Waals surface area contributed by atoms with Crippen molar-refractivity contribution >= 4 is 40.0 Å². The molecule has 2 N–H and O–H groups in total. The summed E-state index contributed by atoms with van der Waals surface area (Å²) in [6, 6.07) is 8.08. The van der Waals surface area contributed by atoms with E-state index in [1.54, 1.807) is 7.05 Å². The normalized spacial score (nSPS) is 17.1. The summed E-state index contributed by atoms with van der Waals surface area (Å²) >= 11 is 0. The maximum absolute atomic E-state index is 12.6. The summed E-state index contributed by atoms with van der Waals surface area (Å²) in [6.07, 6.45) is 1.38. The Kier molecular flexibility index (Phi) is 9.47. The Morgan fingerprint density at radius 2 is 1.79 bits per heavy atom. The van der Waals surface area contributed by atoms with Gasteiger partial charge in [-0.25, -0.2) is 8.42 Å². The first kappa shape index (κ1) is 25.0. The molecule has 0 radical (unpaired) electrons. The molecule has 0 bridgehead atoms. The third kappa shape index (κ3) is 6.76. The minimum absolute atomic E-state index is 0. The van der Waals surface area contributed by atoms with E-state index >= 15 is 0 Å². The number of guanidine groups is 1. The first-order chi connectivity index (χ1) is 12.6. The molecule has 0 amide bonds. The number of aryl methyl sites for hydroxylation is 1. The van der Waals surface area contributed by atoms with Gasteiger partial charge in [0.1, 0.15) is 0 Å². The molecular weight excluding hydrogens is 508 g/mol. The molecule has 0 aliphatic carbocycles. The first-order valence-corrected chi connectivity index (χ1v) is 10.2. The van der Waals surface area contributed by atoms with Gasteiger partial charge in [0.25, 0.3) is 0 Å². The number of hydrogen-bond acceptors (Lipinski definition) is 3. The van der Waals surface area contributed by atoms with Crippen LogP contribution in [0.3, 0.4) is 0 Å². The van der Waals surface area contributed by atoms with Crippen LogP contribution < -0.4 is 10.6 Å². The second kappa shape index (κ2) is 10.6. The van der Waals surface area contributed by atoms with Crippen molar-refractivity contribution in [2.24, 2.45) is 4.99 Å². The number of piperidine rings is 1. The van der Waals surface area contributed by atoms with Crippen LogP contribution in [0.2, 0.25) is 0 Å². The summed E-state index contributed by atoms with van der Waals surface area (Å²) in [5, 5.41) is 6.32. The van der Waals surface area contributed by atoms with E-state index in [0.29, 0.717) is 16.8 Å². The average molecular weight is 534 g/mol. The van der Waals surface area contributed by atoms with Crippen LogP contribution in [-0.4, -0.2) is 56.9 Å². The summed E-state index contributed by atoms with van der Waals surface area (Å²) in [7, 11) is -3.63. The zero-order valence-electron chi connectivity index (χ0n) is 15.8. The highest BCUT2D eigenvalue weighted by Crippen LogP contribution is 2.28. The predicted octanol–water partition coefficient (Wildman–Crippen LogP) is 2.63. The van der Waals surface area contributed by atoms with Crippen molar-refractivity contribution in [2.45, 2.75) is 37.7 Å². The van der Waals surface area contributed by atoms with Crippen LogP contribution in [-0.2, 0) is 16.4 Å². The summed E-state index contributed by atoms with van der Waals surface area (Å²) in [5.74, 6) is 0.555. The topological polar surface area (TPSA) is 73.8 Å². The number of hydrogen-bond donors (Lipinski definition) is 2. The first-order valence-electron chi connectivity index (χ1n) is 8.72. The lowest BCUT2D eigenvalue weighted by Crippen LogP contribution is -2.51. The number of alkyl halides is 3. The Labute approximate surface area is 181 Å². The molecule has 1 aliphatic rings. The lowest BCUT2D eigenvalue weighted by molar-refractivity contribution is -0.0494. The van der Waals surface area contributed by atoms with Gasteiger partial charge in [-0.2, -0.15) is 17.5 Å². The predicted molar refractivity (Wildman–Crippen MR) is 114 cm³/mol. The quantitative estimate of drug-likeness (QED) is 0.346. The van der Waals surface area contributed by atoms with Crippen molar-refractivity contribution in [3.05, 3.63) is 35.4 Å². The van der Waals surface area contributed by atoms with E-state index in [4.69, 9.17) is 0 Å². The zero-order valence-corrected chi connectivity index (χ0v) is 18.9. The van der Waals surface area contributed by atoms with Crippen LogP contribution in [0.5, 0.6) is 0 Å². The van der Waals surface area contributed by atoms with Crippen molar-refractivity contribution < 1.29 is 21.6 Å². The molecule has 0 saturated carbocycles. The standard InChI is InChI=1S/C17H25F3N4O2S.HI/c1-13-3-5-14(6-4-13)7-10-22-16(21-2)23-15-8-11-24(12-9-15)27(25,26)17(18,19)20;/h3-6,15H,7-12H2,1-2H3,(H2,21,22,23);1H. The molecule has 2 rings (SSSR count). The molecule has 0 atom stereocenters. The summed E-state index contributed by atoms with van der Waals surface area (Å²) < 4.78 is 61.2. The van der Waals surface area contributed by atoms with Crippen molar-refractivity contribution in [1.29, 1.82) is 0 Å². The molecular formula is C17H26F3IN4O2S. The summed E-state index contributed by atoms with van der Waals surface area (Å²) in [5.41, 5.74) is -2.86. The molecule has 1 aromatic carbocycles. The van der Waals surface area contributed by atoms with Crippen molar-refractivity contribution in [3.8, 4) is 0 Å². The van der Waals surface area contributed by atoms with Crippen LogP contribution in [0.15, 0.2) is 29.3 Å². The van der Waals surface area contributed by atoms with Crippen LogP contribution >= 0.6 is 24.0 Å². The Bertz CT molecular complexity index is 747. The Balaban J connectivity index is 0.00000392. The van der Waals surface area contributed by atoms with E-state index in [0.717, 1.165) is 6.42 Å². The van der Waals surface area contributed by atoms with Crippen LogP contribution in [0.1, 0.15) is 24.0 Å². The third-order valence-electron chi connectivity index (χ3n) is 4.48. The van der Waals surface area contributed by atoms with Gasteiger partial charge in [0.05, 0.1) is 0 Å². The van der Waals surface area contributed by atoms with Gasteiger partial charge in [-0.3, -0.25) is 4.99 Å². The highest BCUT2D eigenvalue weighted by Gasteiger charge is 2.50. The van der Waals surface area contributed by atoms with Crippen molar-refractivity contribution in [2.75, 3.05) is 26.7 Å². The van der Waals surface area contributed by atoms with Gasteiger partial charge in [-0.15, -0.1) is 24.0 Å². The van der Waals surface area contributed by atoms with E-state index in [9.17, 15) is 21.6 Å². The number of nitrogens with zero attached hydrogens (tertiary/aromatic N) is 2. The molecule has 0 aromatic heterocycles. The molecule has 1 aliphatic heterocycles. The van der Waals surface area contributed by atoms with E-state index in [2.05, 4.69) is 27.8 Å². The monoisotopic (exact) mass is 534 g/mol. The lowest BCUT2D eigenvalue weighted by atomic mass is 10.1. The van der Waals surface area contributed by atoms with Gasteiger partial charge < -0.3 is 10.6 Å². The fourth-order valence-electron chi connectivity index (χ4n) is 2.85. The molecule has 1 saturated heterocycles. The minimum Gasteiger partial charge on any atom is -0.356 e. The number of nitrogens with one attached hydrogen (secondary N) is 2. The number of halogens is 4. The number of aliphatic imine (C=N–C) groups is 1. The Hall–Kier alpha value is -1.08. The molecule has 1 aromatic rings. The molecule has 0 unspecified atom stereocenters. The van der Waals surface area contributed by atoms with E-state index < -0.39 is 15.5 Å². The highest BCUT2D eigenvalue weighted by molar-refractivity contribution is 14.0. The van der Waals surface area contributed by atoms with Gasteiger partial charge in [0.15, 0.2) is 5.96 Å². The molecule has 0 spiro atoms. The second-order valence-electron chi connectivity index (χ2n) is 6.50. The zero-order chi connectivity index (χ0) is 20.1. The lowest BCUT2D eigenvalue weighted by Gasteiger charge is -2.32. The maximum Gasteiger partial charge on any atom is 0.511 e. The third-order valence-corrected chi connectivity index (χ3v) is 6.11. The van der Waals surface area contributed by atoms with E-state index in [-0.39, 0.29) is 55.9 Å². The van der Waals surface area contributed by atoms with E-state index in [1.807, 2.05) is 19.1 Å². The minimum atomic E-state index is -5.25. The van der Waals surface area contributed by atoms with Crippen LogP contribution in [0, 0.1) is 6.92 Å². The highest BCUT2D eigenvalue weighted by atomic mass is 127. The van der Waals surface area contributed by atoms with Crippen LogP contribution in [0.4, 0.5) is 13.2 Å². The van der Waals surface area contributed by atoms with Crippen molar-refractivity contribution in [3.63, 3.8) is 0 Å². The molecule has 160 valence electrons. The van der Waals surface area contributed by atoms with E-state index in [1.165, 1.54) is 11.1 Å². The Morgan fingerprint density at radius 3 is 2.29 bits per heavy atom. The maximum atomic E-state index is 12.6. The molecule has 11 heteroatoms. The van der Waals surface area contributed by atoms with Gasteiger partial charge in [-0.05, 0) is 31.7 Å². The van der Waals surface area contributed by atoms with Gasteiger partial charge in [0.2, 0.25) is 0 Å². The second-order valence-corrected chi connectivity index (χ2v) is 8.43. The van der Waals surface area contributed by atoms with Gasteiger partial charge in [0, 0.05) is 32.7 Å². The fraction of sp³-hybridized carbons (Fsp3) is 0.588. The largest absolute Gasteiger partial charge is 0.511 e. The molecule has 28 heavy (non-hydrogen) atoms. The van der Waals surface area contributed by atoms with Crippen LogP contribution in [0.25, 0.3) is 0 Å². The Morgan fingerprint density at radius 1 is 1.21 bits per heavy atom.